The Labute approximate surface area is 409 Å². The average molecular weight is 950 g/mol. The zero-order valence-corrected chi connectivity index (χ0v) is 45.1. The van der Waals surface area contributed by atoms with E-state index < -0.39 is 20.0 Å². The number of carbonyl (C=O) groups excluding carboxylic acids is 1. The van der Waals surface area contributed by atoms with Crippen molar-refractivity contribution in [2.45, 2.75) is 270 Å². The summed E-state index contributed by atoms with van der Waals surface area (Å²) in [6, 6.07) is -0.873. The fourth-order valence-electron chi connectivity index (χ4n) is 8.07. The number of aliphatic hydroxyl groups excluding tert-OH is 1. The normalized spacial score (nSPS) is 14.3. The molecule has 0 aromatic heterocycles. The number of phosphoric acid groups is 1. The third-order valence-corrected chi connectivity index (χ3v) is 13.5. The summed E-state index contributed by atoms with van der Waals surface area (Å²) in [5.41, 5.74) is 0. The molecule has 8 nitrogen and oxygen atoms in total. The second-order valence-corrected chi connectivity index (χ2v) is 21.7. The molecule has 0 fully saturated rings. The fourth-order valence-corrected chi connectivity index (χ4v) is 8.81. The lowest BCUT2D eigenvalue weighted by molar-refractivity contribution is -0.870. The molecular formula is C57H110N2O6P+. The molecule has 0 radical (unpaired) electrons. The highest BCUT2D eigenvalue weighted by atomic mass is 31.2. The van der Waals surface area contributed by atoms with E-state index in [0.717, 1.165) is 44.9 Å². The summed E-state index contributed by atoms with van der Waals surface area (Å²) in [7, 11) is 1.55. The number of nitrogens with zero attached hydrogens (tertiary/aromatic N) is 1. The van der Waals surface area contributed by atoms with Gasteiger partial charge in [0.1, 0.15) is 13.2 Å². The van der Waals surface area contributed by atoms with Crippen LogP contribution in [0.25, 0.3) is 0 Å². The minimum absolute atomic E-state index is 0.0522. The number of phosphoric ester groups is 1. The van der Waals surface area contributed by atoms with Crippen LogP contribution in [0.15, 0.2) is 48.6 Å². The van der Waals surface area contributed by atoms with Crippen molar-refractivity contribution in [3.63, 3.8) is 0 Å². The number of amides is 1. The summed E-state index contributed by atoms with van der Waals surface area (Å²) in [6.07, 6.45) is 63.5. The van der Waals surface area contributed by atoms with Crippen molar-refractivity contribution in [3.8, 4) is 0 Å². The molecule has 0 rings (SSSR count). The minimum atomic E-state index is -4.36. The Morgan fingerprint density at radius 1 is 0.500 bits per heavy atom. The maximum Gasteiger partial charge on any atom is 0.472 e. The number of rotatable bonds is 51. The van der Waals surface area contributed by atoms with Crippen LogP contribution in [0.1, 0.15) is 258 Å². The molecule has 0 aliphatic carbocycles. The van der Waals surface area contributed by atoms with Crippen LogP contribution >= 0.6 is 7.82 Å². The molecule has 9 heteroatoms. The first-order valence-electron chi connectivity index (χ1n) is 28.0. The van der Waals surface area contributed by atoms with Crippen molar-refractivity contribution in [1.29, 1.82) is 0 Å². The number of aliphatic hydroxyl groups is 1. The Morgan fingerprint density at radius 2 is 0.833 bits per heavy atom. The molecule has 388 valence electrons. The lowest BCUT2D eigenvalue weighted by Gasteiger charge is -2.25. The molecule has 0 aliphatic heterocycles. The lowest BCUT2D eigenvalue weighted by Crippen LogP contribution is -2.45. The SMILES string of the molecule is CCCCCCCCCC/C=C\CCCCCCCCCC(=O)NC(COP(=O)(O)OCC[N+](C)(C)C)C(O)/C=C/CC/C=C/CC/C=C/CCCCCCCCCCCCCCCCC. The summed E-state index contributed by atoms with van der Waals surface area (Å²) in [4.78, 5) is 23.3. The Morgan fingerprint density at radius 3 is 1.21 bits per heavy atom. The summed E-state index contributed by atoms with van der Waals surface area (Å²) >= 11 is 0. The van der Waals surface area contributed by atoms with Gasteiger partial charge in [-0.05, 0) is 70.6 Å². The van der Waals surface area contributed by atoms with Crippen LogP contribution in [0.3, 0.4) is 0 Å². The molecule has 0 spiro atoms. The number of carbonyl (C=O) groups is 1. The second kappa shape index (κ2) is 48.5. The van der Waals surface area contributed by atoms with Gasteiger partial charge in [-0.25, -0.2) is 4.57 Å². The van der Waals surface area contributed by atoms with Crippen LogP contribution < -0.4 is 5.32 Å². The van der Waals surface area contributed by atoms with Crippen molar-refractivity contribution in [2.75, 3.05) is 40.9 Å². The van der Waals surface area contributed by atoms with Crippen molar-refractivity contribution in [1.82, 2.24) is 5.32 Å². The molecule has 0 saturated heterocycles. The molecule has 3 unspecified atom stereocenters. The molecule has 0 saturated carbocycles. The molecule has 0 aliphatic rings. The van der Waals surface area contributed by atoms with E-state index in [9.17, 15) is 19.4 Å². The summed E-state index contributed by atoms with van der Waals surface area (Å²) in [5.74, 6) is -0.194. The van der Waals surface area contributed by atoms with Gasteiger partial charge in [-0.1, -0.05) is 229 Å². The first kappa shape index (κ1) is 64.5. The van der Waals surface area contributed by atoms with Crippen LogP contribution in [-0.4, -0.2) is 73.4 Å². The molecule has 0 aromatic carbocycles. The third kappa shape index (κ3) is 50.3. The van der Waals surface area contributed by atoms with Gasteiger partial charge in [-0.2, -0.15) is 0 Å². The van der Waals surface area contributed by atoms with Gasteiger partial charge in [0.15, 0.2) is 0 Å². The predicted molar refractivity (Wildman–Crippen MR) is 286 cm³/mol. The van der Waals surface area contributed by atoms with Crippen LogP contribution in [0, 0.1) is 0 Å². The topological polar surface area (TPSA) is 105 Å². The Kier molecular flexibility index (Phi) is 47.4. The highest BCUT2D eigenvalue weighted by Crippen LogP contribution is 2.43. The summed E-state index contributed by atoms with van der Waals surface area (Å²) in [5, 5.41) is 13.9. The van der Waals surface area contributed by atoms with Crippen LogP contribution in [0.5, 0.6) is 0 Å². The monoisotopic (exact) mass is 950 g/mol. The van der Waals surface area contributed by atoms with Gasteiger partial charge in [-0.15, -0.1) is 0 Å². The molecule has 3 atom stereocenters. The van der Waals surface area contributed by atoms with Crippen molar-refractivity contribution in [3.05, 3.63) is 48.6 Å². The predicted octanol–water partition coefficient (Wildman–Crippen LogP) is 16.8. The molecular weight excluding hydrogens is 840 g/mol. The van der Waals surface area contributed by atoms with Crippen LogP contribution in [0.2, 0.25) is 0 Å². The van der Waals surface area contributed by atoms with Crippen molar-refractivity contribution in [2.24, 2.45) is 0 Å². The number of allylic oxidation sites excluding steroid dienone is 7. The number of likely N-dealkylation sites (N-methyl/N-ethyl adjacent to an activating group) is 1. The van der Waals surface area contributed by atoms with E-state index in [1.807, 2.05) is 27.2 Å². The summed E-state index contributed by atoms with van der Waals surface area (Å²) in [6.45, 7) is 4.80. The molecule has 0 aromatic rings. The van der Waals surface area contributed by atoms with Gasteiger partial charge < -0.3 is 19.8 Å². The standard InChI is InChI=1S/C57H109N2O6P/c1-6-8-10-12-14-16-18-20-22-24-26-27-28-29-30-31-33-34-36-38-40-42-44-46-48-50-56(60)55(54-65-66(62,63)64-53-52-59(3,4)5)58-57(61)51-49-47-45-43-41-39-37-35-32-25-23-21-19-17-15-13-11-9-7-2/h25,32-34,40,42,48,50,55-56,60H,6-24,26-31,35-39,41,43-47,49,51-54H2,1-5H3,(H-,58,61,62,63)/p+1/b32-25-,34-33+,42-40+,50-48+. The van der Waals surface area contributed by atoms with E-state index in [-0.39, 0.29) is 19.1 Å². The second-order valence-electron chi connectivity index (χ2n) is 20.3. The largest absolute Gasteiger partial charge is 0.472 e. The summed E-state index contributed by atoms with van der Waals surface area (Å²) < 4.78 is 23.7. The van der Waals surface area contributed by atoms with Gasteiger partial charge in [0.2, 0.25) is 5.91 Å². The maximum absolute atomic E-state index is 12.9. The first-order chi connectivity index (χ1) is 32.0. The number of quaternary nitrogens is 1. The molecule has 1 amide bonds. The molecule has 3 N–H and O–H groups in total. The van der Waals surface area contributed by atoms with Crippen molar-refractivity contribution >= 4 is 13.7 Å². The zero-order valence-electron chi connectivity index (χ0n) is 44.2. The Bertz CT molecular complexity index is 1210. The highest BCUT2D eigenvalue weighted by Gasteiger charge is 2.27. The number of nitrogens with one attached hydrogen (secondary N) is 1. The van der Waals surface area contributed by atoms with E-state index in [2.05, 4.69) is 55.6 Å². The smallest absolute Gasteiger partial charge is 0.387 e. The number of hydrogen-bond acceptors (Lipinski definition) is 5. The van der Waals surface area contributed by atoms with Gasteiger partial charge >= 0.3 is 7.82 Å². The van der Waals surface area contributed by atoms with Crippen LogP contribution in [-0.2, 0) is 18.4 Å². The van der Waals surface area contributed by atoms with Gasteiger partial charge in [-0.3, -0.25) is 13.8 Å². The highest BCUT2D eigenvalue weighted by molar-refractivity contribution is 7.47. The molecule has 66 heavy (non-hydrogen) atoms. The third-order valence-electron chi connectivity index (χ3n) is 12.5. The minimum Gasteiger partial charge on any atom is -0.387 e. The average Bonchev–Trinajstić information content (AvgIpc) is 3.28. The van der Waals surface area contributed by atoms with E-state index in [0.29, 0.717) is 17.4 Å². The maximum atomic E-state index is 12.9. The Balaban J connectivity index is 4.32. The number of hydrogen-bond donors (Lipinski definition) is 3. The number of unbranched alkanes of at least 4 members (excludes halogenated alkanes) is 32. The van der Waals surface area contributed by atoms with Gasteiger partial charge in [0, 0.05) is 6.42 Å². The quantitative estimate of drug-likeness (QED) is 0.0243. The van der Waals surface area contributed by atoms with Crippen molar-refractivity contribution < 1.29 is 32.9 Å². The van der Waals surface area contributed by atoms with Crippen LogP contribution in [0.4, 0.5) is 0 Å². The van der Waals surface area contributed by atoms with Gasteiger partial charge in [0.05, 0.1) is 39.9 Å². The first-order valence-corrected chi connectivity index (χ1v) is 29.5. The molecule has 0 bridgehead atoms. The fraction of sp³-hybridized carbons (Fsp3) is 0.842. The van der Waals surface area contributed by atoms with Gasteiger partial charge in [0.25, 0.3) is 0 Å². The molecule has 0 heterocycles. The van der Waals surface area contributed by atoms with E-state index in [1.165, 1.54) is 193 Å². The lowest BCUT2D eigenvalue weighted by atomic mass is 10.0. The van der Waals surface area contributed by atoms with E-state index in [4.69, 9.17) is 9.05 Å². The van der Waals surface area contributed by atoms with E-state index in [1.54, 1.807) is 6.08 Å². The zero-order chi connectivity index (χ0) is 48.5. The Hall–Kier alpha value is -1.54. The van der Waals surface area contributed by atoms with E-state index >= 15 is 0 Å².